The van der Waals surface area contributed by atoms with Gasteiger partial charge >= 0.3 is 5.97 Å². The van der Waals surface area contributed by atoms with Gasteiger partial charge in [0.2, 0.25) is 6.29 Å². The third kappa shape index (κ3) is 1.62. The van der Waals surface area contributed by atoms with Crippen LogP contribution in [0.2, 0.25) is 0 Å². The average molecular weight is 320 g/mol. The Labute approximate surface area is 137 Å². The molecule has 1 spiro atoms. The lowest BCUT2D eigenvalue weighted by Gasteiger charge is -2.57. The molecular weight excluding hydrogens is 292 g/mol. The van der Waals surface area contributed by atoms with Crippen molar-refractivity contribution in [2.75, 3.05) is 0 Å². The van der Waals surface area contributed by atoms with Gasteiger partial charge in [-0.25, -0.2) is 0 Å². The summed E-state index contributed by atoms with van der Waals surface area (Å²) in [5.74, 6) is 1.84. The maximum Gasteiger partial charge on any atom is 0.308 e. The number of hydrogen-bond donors (Lipinski definition) is 1. The highest BCUT2D eigenvalue weighted by Crippen LogP contribution is 2.71. The van der Waals surface area contributed by atoms with Gasteiger partial charge in [-0.3, -0.25) is 4.79 Å². The van der Waals surface area contributed by atoms with Gasteiger partial charge in [-0.05, 0) is 68.1 Å². The lowest BCUT2D eigenvalue weighted by Crippen LogP contribution is -2.56. The summed E-state index contributed by atoms with van der Waals surface area (Å²) >= 11 is 0. The zero-order chi connectivity index (χ0) is 16.0. The second-order valence-corrected chi connectivity index (χ2v) is 9.30. The van der Waals surface area contributed by atoms with Crippen molar-refractivity contribution in [1.82, 2.24) is 0 Å². The highest BCUT2D eigenvalue weighted by atomic mass is 16.8. The van der Waals surface area contributed by atoms with Crippen molar-refractivity contribution in [3.8, 4) is 0 Å². The van der Waals surface area contributed by atoms with E-state index in [0.717, 1.165) is 32.1 Å². The molecule has 4 heteroatoms. The van der Waals surface area contributed by atoms with Crippen LogP contribution in [0.15, 0.2) is 0 Å². The van der Waals surface area contributed by atoms with Gasteiger partial charge < -0.3 is 14.6 Å². The molecular formula is C19H28O4. The molecule has 0 bridgehead atoms. The Balaban J connectivity index is 1.51. The van der Waals surface area contributed by atoms with E-state index in [2.05, 4.69) is 13.8 Å². The average Bonchev–Trinajstić information content (AvgIpc) is 3.14. The van der Waals surface area contributed by atoms with Crippen LogP contribution in [-0.4, -0.2) is 29.1 Å². The van der Waals surface area contributed by atoms with Gasteiger partial charge in [0.05, 0.1) is 6.10 Å². The molecule has 5 rings (SSSR count). The first kappa shape index (κ1) is 14.7. The van der Waals surface area contributed by atoms with Crippen molar-refractivity contribution in [3.05, 3.63) is 0 Å². The van der Waals surface area contributed by atoms with E-state index in [1.54, 1.807) is 0 Å². The Morgan fingerprint density at radius 2 is 1.87 bits per heavy atom. The molecule has 0 aromatic rings. The molecule has 5 fully saturated rings. The summed E-state index contributed by atoms with van der Waals surface area (Å²) in [6.45, 7) is 4.67. The highest BCUT2D eigenvalue weighted by Gasteiger charge is 2.75. The smallest absolute Gasteiger partial charge is 0.308 e. The van der Waals surface area contributed by atoms with E-state index in [0.29, 0.717) is 24.2 Å². The van der Waals surface area contributed by atoms with E-state index in [4.69, 9.17) is 9.47 Å². The standard InChI is InChI=1S/C19H28O4/c1-17-8-6-13-11(12(17)3-4-14(17)20)5-10-19-16(23-19)22-15(21)7-9-18(13,19)2/h11-14,16,20H,3-10H2,1-2H3/t11-,12-,13-,14-,16-,17-,18+,19+/m0/s1. The van der Waals surface area contributed by atoms with Crippen LogP contribution >= 0.6 is 0 Å². The molecule has 1 N–H and O–H groups in total. The summed E-state index contributed by atoms with van der Waals surface area (Å²) in [4.78, 5) is 11.9. The van der Waals surface area contributed by atoms with Crippen molar-refractivity contribution in [1.29, 1.82) is 0 Å². The Bertz CT molecular complexity index is 562. The first-order valence-electron chi connectivity index (χ1n) is 9.46. The lowest BCUT2D eigenvalue weighted by molar-refractivity contribution is -0.149. The second-order valence-electron chi connectivity index (χ2n) is 9.30. The summed E-state index contributed by atoms with van der Waals surface area (Å²) in [5.41, 5.74) is -0.0320. The van der Waals surface area contributed by atoms with Gasteiger partial charge in [0.25, 0.3) is 0 Å². The number of fused-ring (bicyclic) bond motifs is 4. The summed E-state index contributed by atoms with van der Waals surface area (Å²) in [6.07, 6.45) is 7.62. The SMILES string of the molecule is C[C@]12CC[C@H]3[C@@H](CC[C@@]45O[C@@H]4OC(=O)CC[C@]35C)[C@@H]1CC[C@@H]2O. The van der Waals surface area contributed by atoms with Gasteiger partial charge in [0.15, 0.2) is 0 Å². The normalized spacial score (nSPS) is 60.7. The Hall–Kier alpha value is -0.610. The lowest BCUT2D eigenvalue weighted by atomic mass is 9.46. The maximum atomic E-state index is 11.9. The number of aliphatic hydroxyl groups excluding tert-OH is 1. The van der Waals surface area contributed by atoms with Crippen LogP contribution < -0.4 is 0 Å². The van der Waals surface area contributed by atoms with Crippen LogP contribution in [0.4, 0.5) is 0 Å². The minimum absolute atomic E-state index is 0.0572. The van der Waals surface area contributed by atoms with Gasteiger partial charge in [-0.2, -0.15) is 0 Å². The number of carbonyl (C=O) groups excluding carboxylic acids is 1. The van der Waals surface area contributed by atoms with E-state index in [-0.39, 0.29) is 34.8 Å². The molecule has 4 nitrogen and oxygen atoms in total. The molecule has 23 heavy (non-hydrogen) atoms. The van der Waals surface area contributed by atoms with Crippen LogP contribution in [0, 0.1) is 28.6 Å². The number of aliphatic hydroxyl groups is 1. The predicted molar refractivity (Wildman–Crippen MR) is 83.3 cm³/mol. The summed E-state index contributed by atoms with van der Waals surface area (Å²) in [6, 6.07) is 0. The topological polar surface area (TPSA) is 59.1 Å². The zero-order valence-corrected chi connectivity index (χ0v) is 14.2. The summed E-state index contributed by atoms with van der Waals surface area (Å²) < 4.78 is 11.5. The molecule has 0 aromatic carbocycles. The number of carbonyl (C=O) groups is 1. The largest absolute Gasteiger partial charge is 0.432 e. The molecule has 2 saturated heterocycles. The number of rotatable bonds is 0. The van der Waals surface area contributed by atoms with Crippen molar-refractivity contribution < 1.29 is 19.4 Å². The fraction of sp³-hybridized carbons (Fsp3) is 0.947. The molecule has 0 unspecified atom stereocenters. The summed E-state index contributed by atoms with van der Waals surface area (Å²) in [5, 5.41) is 10.5. The fourth-order valence-corrected chi connectivity index (χ4v) is 7.23. The Morgan fingerprint density at radius 1 is 1.04 bits per heavy atom. The van der Waals surface area contributed by atoms with E-state index in [9.17, 15) is 9.90 Å². The maximum absolute atomic E-state index is 11.9. The molecule has 2 aliphatic heterocycles. The number of ether oxygens (including phenoxy) is 2. The monoisotopic (exact) mass is 320 g/mol. The molecule has 128 valence electrons. The van der Waals surface area contributed by atoms with Gasteiger partial charge in [-0.1, -0.05) is 13.8 Å². The van der Waals surface area contributed by atoms with Gasteiger partial charge in [-0.15, -0.1) is 0 Å². The first-order valence-corrected chi connectivity index (χ1v) is 9.46. The molecule has 2 heterocycles. The quantitative estimate of drug-likeness (QED) is 0.550. The third-order valence-electron chi connectivity index (χ3n) is 8.75. The molecule has 8 atom stereocenters. The Morgan fingerprint density at radius 3 is 2.70 bits per heavy atom. The molecule has 0 radical (unpaired) electrons. The first-order chi connectivity index (χ1) is 10.9. The van der Waals surface area contributed by atoms with E-state index in [1.165, 1.54) is 12.8 Å². The fourth-order valence-electron chi connectivity index (χ4n) is 7.23. The van der Waals surface area contributed by atoms with Crippen LogP contribution in [0.1, 0.15) is 65.2 Å². The number of epoxide rings is 1. The summed E-state index contributed by atoms with van der Waals surface area (Å²) in [7, 11) is 0. The van der Waals surface area contributed by atoms with E-state index in [1.807, 2.05) is 0 Å². The molecule has 0 amide bonds. The Kier molecular flexibility index (Phi) is 2.76. The number of hydrogen-bond acceptors (Lipinski definition) is 4. The van der Waals surface area contributed by atoms with E-state index >= 15 is 0 Å². The van der Waals surface area contributed by atoms with Gasteiger partial charge in [0, 0.05) is 11.8 Å². The minimum atomic E-state index is -0.286. The molecule has 3 saturated carbocycles. The highest BCUT2D eigenvalue weighted by molar-refractivity contribution is 5.70. The van der Waals surface area contributed by atoms with Crippen molar-refractivity contribution >= 4 is 5.97 Å². The molecule has 5 aliphatic rings. The zero-order valence-electron chi connectivity index (χ0n) is 14.2. The minimum Gasteiger partial charge on any atom is -0.432 e. The van der Waals surface area contributed by atoms with Crippen LogP contribution in [-0.2, 0) is 14.3 Å². The van der Waals surface area contributed by atoms with Crippen LogP contribution in [0.3, 0.4) is 0 Å². The third-order valence-corrected chi connectivity index (χ3v) is 8.75. The van der Waals surface area contributed by atoms with Crippen LogP contribution in [0.5, 0.6) is 0 Å². The number of esters is 1. The van der Waals surface area contributed by atoms with Crippen molar-refractivity contribution in [3.63, 3.8) is 0 Å². The van der Waals surface area contributed by atoms with E-state index < -0.39 is 0 Å². The predicted octanol–water partition coefficient (Wildman–Crippen LogP) is 3.02. The second kappa shape index (κ2) is 4.32. The van der Waals surface area contributed by atoms with Crippen LogP contribution in [0.25, 0.3) is 0 Å². The van der Waals surface area contributed by atoms with Crippen molar-refractivity contribution in [2.24, 2.45) is 28.6 Å². The van der Waals surface area contributed by atoms with Gasteiger partial charge in [0.1, 0.15) is 5.60 Å². The van der Waals surface area contributed by atoms with Crippen molar-refractivity contribution in [2.45, 2.75) is 83.2 Å². The molecule has 0 aromatic heterocycles. The molecule has 3 aliphatic carbocycles.